The number of nitrogens with two attached hydrogens (primary N) is 1. The molecule has 1 unspecified atom stereocenters. The van der Waals surface area contributed by atoms with Gasteiger partial charge in [-0.1, -0.05) is 52.0 Å². The summed E-state index contributed by atoms with van der Waals surface area (Å²) in [6.45, 7) is 10.0. The highest BCUT2D eigenvalue weighted by molar-refractivity contribution is 6.12. The number of esters is 1. The van der Waals surface area contributed by atoms with Gasteiger partial charge in [-0.25, -0.2) is 4.79 Å². The zero-order valence-electron chi connectivity index (χ0n) is 32.5. The van der Waals surface area contributed by atoms with E-state index >= 15 is 0 Å². The Morgan fingerprint density at radius 2 is 1.31 bits per heavy atom. The van der Waals surface area contributed by atoms with E-state index in [2.05, 4.69) is 10.6 Å². The third kappa shape index (κ3) is 19.6. The van der Waals surface area contributed by atoms with Gasteiger partial charge in [0.05, 0.1) is 71.4 Å². The van der Waals surface area contributed by atoms with Crippen molar-refractivity contribution in [2.75, 3.05) is 65.9 Å². The predicted molar refractivity (Wildman–Crippen MR) is 200 cm³/mol. The molecule has 1 aromatic carbocycles. The number of primary amides is 1. The van der Waals surface area contributed by atoms with E-state index < -0.39 is 23.9 Å². The van der Waals surface area contributed by atoms with Gasteiger partial charge < -0.3 is 40.1 Å². The number of urea groups is 1. The number of Topliss-reactive ketones (excluding diaryl/α,β-unsaturated/α-hetero) is 2. The van der Waals surface area contributed by atoms with Crippen molar-refractivity contribution in [2.24, 2.45) is 23.5 Å². The predicted octanol–water partition coefficient (Wildman–Crippen LogP) is 2.04. The van der Waals surface area contributed by atoms with Crippen molar-refractivity contribution in [2.45, 2.75) is 72.4 Å². The van der Waals surface area contributed by atoms with Crippen LogP contribution >= 0.6 is 0 Å². The fraction of sp³-hybridized carbons (Fsp3) is 0.615. The Bertz CT molecular complexity index is 1410. The van der Waals surface area contributed by atoms with Crippen LogP contribution in [0.3, 0.4) is 0 Å². The van der Waals surface area contributed by atoms with Gasteiger partial charge in [0.1, 0.15) is 12.4 Å². The topological polar surface area (TPSA) is 219 Å². The van der Waals surface area contributed by atoms with Crippen LogP contribution in [0.15, 0.2) is 36.4 Å². The van der Waals surface area contributed by atoms with Gasteiger partial charge in [0, 0.05) is 43.9 Å². The van der Waals surface area contributed by atoms with Gasteiger partial charge in [0.2, 0.25) is 5.91 Å². The van der Waals surface area contributed by atoms with Gasteiger partial charge in [0.15, 0.2) is 5.78 Å². The molecule has 0 fully saturated rings. The molecule has 0 radical (unpaired) electrons. The fourth-order valence-corrected chi connectivity index (χ4v) is 5.24. The highest BCUT2D eigenvalue weighted by atomic mass is 16.6. The van der Waals surface area contributed by atoms with Crippen LogP contribution in [0.2, 0.25) is 0 Å². The number of amides is 5. The maximum Gasteiger partial charge on any atom is 0.312 e. The average molecular weight is 775 g/mol. The van der Waals surface area contributed by atoms with Crippen LogP contribution in [0.5, 0.6) is 0 Å². The van der Waals surface area contributed by atoms with Crippen molar-refractivity contribution in [3.63, 3.8) is 0 Å². The minimum absolute atomic E-state index is 0.0108. The molecular weight excluding hydrogens is 716 g/mol. The molecule has 2 atom stereocenters. The highest BCUT2D eigenvalue weighted by Crippen LogP contribution is 2.19. The first-order valence-electron chi connectivity index (χ1n) is 18.8. The number of hydrogen-bond donors (Lipinski definition) is 3. The minimum Gasteiger partial charge on any atom is -0.461 e. The van der Waals surface area contributed by atoms with Crippen LogP contribution in [0.4, 0.5) is 4.79 Å². The molecule has 1 aromatic rings. The number of rotatable bonds is 30. The maximum atomic E-state index is 13.5. The smallest absolute Gasteiger partial charge is 0.312 e. The van der Waals surface area contributed by atoms with E-state index in [1.807, 2.05) is 13.8 Å². The number of nitrogens with zero attached hydrogens (tertiary/aromatic N) is 1. The highest BCUT2D eigenvalue weighted by Gasteiger charge is 2.29. The first kappa shape index (κ1) is 46.6. The van der Waals surface area contributed by atoms with Gasteiger partial charge in [-0.05, 0) is 29.9 Å². The standard InChI is InChI=1S/C39H58N4O12/c1-27(2)32(25-31(44)13-16-51-18-20-53-22-23-54-21-19-52-17-15-43-35(46)11-12-36(43)47)37(48)42-33(6-5-14-41-39(40)50)34(45)24-29-7-9-30(10-8-29)26-55-38(49)28(3)4/h7-12,27-28,32-33H,5-6,13-26H2,1-4H3,(H,42,48)(H3,40,41,50)/t32-,33?/m0/s1. The van der Waals surface area contributed by atoms with Crippen molar-refractivity contribution in [1.29, 1.82) is 0 Å². The summed E-state index contributed by atoms with van der Waals surface area (Å²) >= 11 is 0. The Hall–Kier alpha value is -4.51. The molecule has 4 N–H and O–H groups in total. The number of benzene rings is 1. The van der Waals surface area contributed by atoms with Crippen molar-refractivity contribution < 1.29 is 57.2 Å². The van der Waals surface area contributed by atoms with Crippen LogP contribution in [-0.2, 0) is 65.5 Å². The number of ketones is 2. The number of nitrogens with one attached hydrogen (secondary N) is 2. The molecule has 0 saturated carbocycles. The molecular formula is C39H58N4O12. The Labute approximate surface area is 323 Å². The lowest BCUT2D eigenvalue weighted by Gasteiger charge is -2.24. The van der Waals surface area contributed by atoms with Crippen molar-refractivity contribution >= 4 is 41.3 Å². The van der Waals surface area contributed by atoms with E-state index in [0.29, 0.717) is 39.5 Å². The van der Waals surface area contributed by atoms with Gasteiger partial charge >= 0.3 is 12.0 Å². The van der Waals surface area contributed by atoms with E-state index in [1.54, 1.807) is 38.1 Å². The number of ether oxygens (including phenoxy) is 5. The molecule has 0 aromatic heterocycles. The van der Waals surface area contributed by atoms with Crippen LogP contribution in [0.1, 0.15) is 64.5 Å². The molecule has 306 valence electrons. The molecule has 0 bridgehead atoms. The zero-order chi connectivity index (χ0) is 40.6. The first-order valence-corrected chi connectivity index (χ1v) is 18.8. The van der Waals surface area contributed by atoms with E-state index in [1.165, 1.54) is 12.2 Å². The maximum absolute atomic E-state index is 13.5. The first-order chi connectivity index (χ1) is 26.3. The Morgan fingerprint density at radius 3 is 1.85 bits per heavy atom. The van der Waals surface area contributed by atoms with Gasteiger partial charge in [-0.3, -0.25) is 33.7 Å². The lowest BCUT2D eigenvalue weighted by atomic mass is 9.88. The number of carbonyl (C=O) groups is 7. The Balaban J connectivity index is 1.70. The Morgan fingerprint density at radius 1 is 0.764 bits per heavy atom. The summed E-state index contributed by atoms with van der Waals surface area (Å²) in [4.78, 5) is 86.7. The van der Waals surface area contributed by atoms with E-state index in [-0.39, 0.29) is 106 Å². The number of carbonyl (C=O) groups excluding carboxylic acids is 7. The van der Waals surface area contributed by atoms with E-state index in [4.69, 9.17) is 29.4 Å². The van der Waals surface area contributed by atoms with Crippen LogP contribution < -0.4 is 16.4 Å². The monoisotopic (exact) mass is 774 g/mol. The molecule has 2 rings (SSSR count). The second-order valence-electron chi connectivity index (χ2n) is 13.7. The third-order valence-electron chi connectivity index (χ3n) is 8.52. The molecule has 55 heavy (non-hydrogen) atoms. The van der Waals surface area contributed by atoms with Gasteiger partial charge in [-0.15, -0.1) is 0 Å². The third-order valence-corrected chi connectivity index (χ3v) is 8.52. The SMILES string of the molecule is CC(C)C(=O)OCc1ccc(CC(=O)C(CCCNC(N)=O)NC(=O)[C@@H](CC(=O)CCOCCOCCOCCOCCN2C(=O)C=CC2=O)C(C)C)cc1. The summed E-state index contributed by atoms with van der Waals surface area (Å²) in [5.74, 6) is -2.84. The largest absolute Gasteiger partial charge is 0.461 e. The van der Waals surface area contributed by atoms with Crippen LogP contribution in [0.25, 0.3) is 0 Å². The summed E-state index contributed by atoms with van der Waals surface area (Å²) in [7, 11) is 0. The van der Waals surface area contributed by atoms with Crippen molar-refractivity contribution in [3.05, 3.63) is 47.5 Å². The van der Waals surface area contributed by atoms with Crippen LogP contribution in [-0.4, -0.2) is 118 Å². The minimum atomic E-state index is -0.851. The van der Waals surface area contributed by atoms with E-state index in [0.717, 1.165) is 16.0 Å². The van der Waals surface area contributed by atoms with E-state index in [9.17, 15) is 33.6 Å². The molecule has 1 aliphatic heterocycles. The lowest BCUT2D eigenvalue weighted by molar-refractivity contribution is -0.148. The molecule has 1 heterocycles. The molecule has 16 nitrogen and oxygen atoms in total. The average Bonchev–Trinajstić information content (AvgIpc) is 3.46. The summed E-state index contributed by atoms with van der Waals surface area (Å²) in [5.41, 5.74) is 6.67. The quantitative estimate of drug-likeness (QED) is 0.0581. The number of imide groups is 1. The van der Waals surface area contributed by atoms with Crippen LogP contribution in [0, 0.1) is 17.8 Å². The van der Waals surface area contributed by atoms with Gasteiger partial charge in [-0.2, -0.15) is 0 Å². The second kappa shape index (κ2) is 26.3. The summed E-state index contributed by atoms with van der Waals surface area (Å²) < 4.78 is 27.1. The van der Waals surface area contributed by atoms with Gasteiger partial charge in [0.25, 0.3) is 11.8 Å². The molecule has 0 spiro atoms. The molecule has 5 amide bonds. The second-order valence-corrected chi connectivity index (χ2v) is 13.7. The summed E-state index contributed by atoms with van der Waals surface area (Å²) in [6, 6.07) is 5.57. The van der Waals surface area contributed by atoms with Crippen molar-refractivity contribution in [3.8, 4) is 0 Å². The number of hydrogen-bond acceptors (Lipinski definition) is 12. The molecule has 1 aliphatic rings. The Kier molecular flexibility index (Phi) is 22.3. The fourth-order valence-electron chi connectivity index (χ4n) is 5.24. The summed E-state index contributed by atoms with van der Waals surface area (Å²) in [5, 5.41) is 5.35. The zero-order valence-corrected chi connectivity index (χ0v) is 32.5. The molecule has 16 heteroatoms. The van der Waals surface area contributed by atoms with Crippen molar-refractivity contribution in [1.82, 2.24) is 15.5 Å². The molecule has 0 aliphatic carbocycles. The normalized spacial score (nSPS) is 13.7. The molecule has 0 saturated heterocycles. The summed E-state index contributed by atoms with van der Waals surface area (Å²) in [6.07, 6.45) is 3.25. The lowest BCUT2D eigenvalue weighted by Crippen LogP contribution is -2.46.